The topological polar surface area (TPSA) is 95.9 Å². The molecule has 7 nitrogen and oxygen atoms in total. The molecule has 148 valence electrons. The Morgan fingerprint density at radius 2 is 2.04 bits per heavy atom. The molecule has 1 fully saturated rings. The fourth-order valence-electron chi connectivity index (χ4n) is 3.18. The van der Waals surface area contributed by atoms with Crippen molar-refractivity contribution in [3.8, 4) is 5.75 Å². The van der Waals surface area contributed by atoms with Crippen molar-refractivity contribution >= 4 is 17.8 Å². The number of ether oxygens (including phenoxy) is 1. The van der Waals surface area contributed by atoms with Crippen LogP contribution in [0.3, 0.4) is 0 Å². The van der Waals surface area contributed by atoms with Crippen LogP contribution in [0.2, 0.25) is 0 Å². The predicted molar refractivity (Wildman–Crippen MR) is 100 cm³/mol. The number of para-hydroxylation sites is 1. The van der Waals surface area contributed by atoms with Gasteiger partial charge < -0.3 is 20.1 Å². The van der Waals surface area contributed by atoms with Crippen molar-refractivity contribution in [1.82, 2.24) is 10.2 Å². The first-order chi connectivity index (χ1) is 13.0. The van der Waals surface area contributed by atoms with Crippen LogP contribution in [-0.2, 0) is 14.4 Å². The third-order valence-corrected chi connectivity index (χ3v) is 4.66. The number of rotatable bonds is 9. The highest BCUT2D eigenvalue weighted by Crippen LogP contribution is 2.18. The van der Waals surface area contributed by atoms with Gasteiger partial charge in [-0.3, -0.25) is 9.59 Å². The number of nitrogens with zero attached hydrogens (tertiary/aromatic N) is 1. The Kier molecular flexibility index (Phi) is 8.10. The zero-order valence-corrected chi connectivity index (χ0v) is 15.7. The largest absolute Gasteiger partial charge is 0.493 e. The van der Waals surface area contributed by atoms with Crippen molar-refractivity contribution < 1.29 is 24.2 Å². The van der Waals surface area contributed by atoms with E-state index in [0.29, 0.717) is 32.4 Å². The van der Waals surface area contributed by atoms with Gasteiger partial charge >= 0.3 is 5.97 Å². The lowest BCUT2D eigenvalue weighted by atomic mass is 9.96. The maximum Gasteiger partial charge on any atom is 0.326 e. The van der Waals surface area contributed by atoms with E-state index in [9.17, 15) is 19.5 Å². The molecule has 1 aliphatic rings. The lowest BCUT2D eigenvalue weighted by Crippen LogP contribution is -2.49. The molecule has 0 saturated carbocycles. The number of carboxylic acid groups (broad SMARTS) is 1. The molecule has 7 heteroatoms. The van der Waals surface area contributed by atoms with Crippen LogP contribution in [0.1, 0.15) is 39.0 Å². The summed E-state index contributed by atoms with van der Waals surface area (Å²) in [6.45, 7) is 3.11. The van der Waals surface area contributed by atoms with Crippen LogP contribution in [0.15, 0.2) is 30.3 Å². The van der Waals surface area contributed by atoms with Gasteiger partial charge in [0.05, 0.1) is 18.9 Å². The normalized spacial score (nSPS) is 17.8. The molecule has 1 aromatic rings. The molecule has 1 heterocycles. The van der Waals surface area contributed by atoms with Gasteiger partial charge in [0, 0.05) is 13.1 Å². The summed E-state index contributed by atoms with van der Waals surface area (Å²) in [6.07, 6.45) is 2.71. The molecule has 0 spiro atoms. The predicted octanol–water partition coefficient (Wildman–Crippen LogP) is 2.06. The minimum Gasteiger partial charge on any atom is -0.493 e. The highest BCUT2D eigenvalue weighted by molar-refractivity contribution is 5.86. The van der Waals surface area contributed by atoms with E-state index in [1.54, 1.807) is 4.90 Å². The molecule has 2 rings (SSSR count). The Morgan fingerprint density at radius 1 is 1.30 bits per heavy atom. The maximum atomic E-state index is 12.4. The Bertz CT molecular complexity index is 635. The van der Waals surface area contributed by atoms with Crippen molar-refractivity contribution in [3.63, 3.8) is 0 Å². The van der Waals surface area contributed by atoms with E-state index in [-0.39, 0.29) is 30.8 Å². The van der Waals surface area contributed by atoms with Crippen molar-refractivity contribution in [2.75, 3.05) is 19.7 Å². The van der Waals surface area contributed by atoms with Gasteiger partial charge in [-0.1, -0.05) is 31.5 Å². The summed E-state index contributed by atoms with van der Waals surface area (Å²) in [7, 11) is 0. The molecule has 2 amide bonds. The van der Waals surface area contributed by atoms with Crippen molar-refractivity contribution in [2.45, 2.75) is 45.1 Å². The SMILES string of the molecule is CCCC(NC(=O)C1CCCN(C(=O)CCOc2ccccc2)C1)C(=O)O. The van der Waals surface area contributed by atoms with Crippen LogP contribution in [0.5, 0.6) is 5.75 Å². The zero-order valence-electron chi connectivity index (χ0n) is 15.7. The zero-order chi connectivity index (χ0) is 19.6. The number of carbonyl (C=O) groups excluding carboxylic acids is 2. The second-order valence-electron chi connectivity index (χ2n) is 6.78. The van der Waals surface area contributed by atoms with Crippen molar-refractivity contribution in [3.05, 3.63) is 30.3 Å². The van der Waals surface area contributed by atoms with E-state index >= 15 is 0 Å². The van der Waals surface area contributed by atoms with Gasteiger partial charge in [-0.15, -0.1) is 0 Å². The number of piperidine rings is 1. The molecule has 0 bridgehead atoms. The van der Waals surface area contributed by atoms with E-state index < -0.39 is 12.0 Å². The number of carbonyl (C=O) groups is 3. The molecule has 0 aromatic heterocycles. The number of nitrogens with one attached hydrogen (secondary N) is 1. The first kappa shape index (κ1) is 20.7. The molecular weight excluding hydrogens is 348 g/mol. The minimum atomic E-state index is -1.02. The molecule has 2 N–H and O–H groups in total. The smallest absolute Gasteiger partial charge is 0.326 e. The number of hydrogen-bond acceptors (Lipinski definition) is 4. The summed E-state index contributed by atoms with van der Waals surface area (Å²) >= 11 is 0. The summed E-state index contributed by atoms with van der Waals surface area (Å²) in [4.78, 5) is 37.7. The Hall–Kier alpha value is -2.57. The van der Waals surface area contributed by atoms with E-state index in [1.807, 2.05) is 37.3 Å². The Morgan fingerprint density at radius 3 is 2.70 bits per heavy atom. The van der Waals surface area contributed by atoms with Crippen LogP contribution < -0.4 is 10.1 Å². The number of likely N-dealkylation sites (tertiary alicyclic amines) is 1. The van der Waals surface area contributed by atoms with Gasteiger partial charge in [-0.05, 0) is 31.4 Å². The second-order valence-corrected chi connectivity index (χ2v) is 6.78. The second kappa shape index (κ2) is 10.5. The fourth-order valence-corrected chi connectivity index (χ4v) is 3.18. The van der Waals surface area contributed by atoms with Crippen LogP contribution in [0, 0.1) is 5.92 Å². The van der Waals surface area contributed by atoms with Gasteiger partial charge in [0.25, 0.3) is 0 Å². The molecule has 2 unspecified atom stereocenters. The molecule has 0 radical (unpaired) electrons. The molecular formula is C20H28N2O5. The van der Waals surface area contributed by atoms with Gasteiger partial charge in [-0.2, -0.15) is 0 Å². The van der Waals surface area contributed by atoms with Crippen molar-refractivity contribution in [2.24, 2.45) is 5.92 Å². The van der Waals surface area contributed by atoms with E-state index in [4.69, 9.17) is 4.74 Å². The van der Waals surface area contributed by atoms with E-state index in [0.717, 1.165) is 12.2 Å². The minimum absolute atomic E-state index is 0.0493. The quantitative estimate of drug-likeness (QED) is 0.688. The lowest BCUT2D eigenvalue weighted by molar-refractivity contribution is -0.144. The number of carboxylic acids is 1. The Balaban J connectivity index is 1.80. The summed E-state index contributed by atoms with van der Waals surface area (Å²) in [5.41, 5.74) is 0. The van der Waals surface area contributed by atoms with Crippen LogP contribution >= 0.6 is 0 Å². The average molecular weight is 376 g/mol. The molecule has 0 aliphatic carbocycles. The first-order valence-corrected chi connectivity index (χ1v) is 9.50. The molecule has 1 aliphatic heterocycles. The number of aliphatic carboxylic acids is 1. The molecule has 1 aromatic carbocycles. The number of benzene rings is 1. The maximum absolute atomic E-state index is 12.4. The van der Waals surface area contributed by atoms with Crippen LogP contribution in [-0.4, -0.2) is 53.5 Å². The number of amides is 2. The summed E-state index contributed by atoms with van der Waals surface area (Å²) in [5.74, 6) is -0.999. The highest BCUT2D eigenvalue weighted by Gasteiger charge is 2.30. The third-order valence-electron chi connectivity index (χ3n) is 4.66. The van der Waals surface area contributed by atoms with Crippen molar-refractivity contribution in [1.29, 1.82) is 0 Å². The Labute approximate surface area is 159 Å². The summed E-state index contributed by atoms with van der Waals surface area (Å²) < 4.78 is 5.56. The van der Waals surface area contributed by atoms with Gasteiger partial charge in [-0.25, -0.2) is 4.79 Å². The summed E-state index contributed by atoms with van der Waals surface area (Å²) in [6, 6.07) is 8.43. The standard InChI is InChI=1S/C20H28N2O5/c1-2-7-17(20(25)26)21-19(24)15-8-6-12-22(14-15)18(23)11-13-27-16-9-4-3-5-10-16/h3-5,9-10,15,17H,2,6-8,11-14H2,1H3,(H,21,24)(H,25,26). The molecule has 1 saturated heterocycles. The average Bonchev–Trinajstić information content (AvgIpc) is 2.68. The monoisotopic (exact) mass is 376 g/mol. The first-order valence-electron chi connectivity index (χ1n) is 9.50. The van der Waals surface area contributed by atoms with E-state index in [1.165, 1.54) is 0 Å². The van der Waals surface area contributed by atoms with Gasteiger partial charge in [0.1, 0.15) is 11.8 Å². The molecule has 2 atom stereocenters. The molecule has 27 heavy (non-hydrogen) atoms. The van der Waals surface area contributed by atoms with Crippen LogP contribution in [0.4, 0.5) is 0 Å². The highest BCUT2D eigenvalue weighted by atomic mass is 16.5. The van der Waals surface area contributed by atoms with E-state index in [2.05, 4.69) is 5.32 Å². The fraction of sp³-hybridized carbons (Fsp3) is 0.550. The van der Waals surface area contributed by atoms with Gasteiger partial charge in [0.2, 0.25) is 11.8 Å². The number of hydrogen-bond donors (Lipinski definition) is 2. The lowest BCUT2D eigenvalue weighted by Gasteiger charge is -2.32. The van der Waals surface area contributed by atoms with Gasteiger partial charge in [0.15, 0.2) is 0 Å². The third kappa shape index (κ3) is 6.58. The summed E-state index contributed by atoms with van der Waals surface area (Å²) in [5, 5.41) is 11.8. The van der Waals surface area contributed by atoms with Crippen LogP contribution in [0.25, 0.3) is 0 Å².